The summed E-state index contributed by atoms with van der Waals surface area (Å²) in [4.78, 5) is 21.3. The lowest BCUT2D eigenvalue weighted by molar-refractivity contribution is -0.132. The van der Waals surface area contributed by atoms with Crippen LogP contribution in [0.5, 0.6) is 0 Å². The van der Waals surface area contributed by atoms with Crippen LogP contribution in [0.2, 0.25) is 0 Å². The number of piperidine rings is 1. The Morgan fingerprint density at radius 2 is 1.87 bits per heavy atom. The van der Waals surface area contributed by atoms with Gasteiger partial charge < -0.3 is 24.6 Å². The maximum Gasteiger partial charge on any atom is 0.222 e. The molecule has 1 saturated heterocycles. The van der Waals surface area contributed by atoms with E-state index in [0.29, 0.717) is 12.5 Å². The van der Waals surface area contributed by atoms with Gasteiger partial charge >= 0.3 is 0 Å². The van der Waals surface area contributed by atoms with E-state index in [9.17, 15) is 4.79 Å². The summed E-state index contributed by atoms with van der Waals surface area (Å²) in [7, 11) is 3.55. The third kappa shape index (κ3) is 7.21. The van der Waals surface area contributed by atoms with E-state index >= 15 is 0 Å². The molecule has 1 amide bonds. The molecule has 0 aliphatic carbocycles. The molecule has 0 radical (unpaired) electrons. The van der Waals surface area contributed by atoms with E-state index < -0.39 is 0 Å². The predicted octanol–water partition coefficient (Wildman–Crippen LogP) is 2.44. The number of likely N-dealkylation sites (tertiary alicyclic amines) is 1. The van der Waals surface area contributed by atoms with E-state index in [-0.39, 0.29) is 5.91 Å². The molecule has 0 aromatic heterocycles. The minimum absolute atomic E-state index is 0.248. The minimum Gasteiger partial charge on any atom is -0.385 e. The Morgan fingerprint density at radius 3 is 2.61 bits per heavy atom. The fourth-order valence-electron chi connectivity index (χ4n) is 4.33. The zero-order valence-electron chi connectivity index (χ0n) is 19.1. The summed E-state index contributed by atoms with van der Waals surface area (Å²) in [6.45, 7) is 5.74. The van der Waals surface area contributed by atoms with Crippen LogP contribution in [-0.2, 0) is 27.2 Å². The van der Waals surface area contributed by atoms with Crippen molar-refractivity contribution in [1.29, 1.82) is 0 Å². The van der Waals surface area contributed by atoms with Gasteiger partial charge in [-0.2, -0.15) is 0 Å². The number of carbonyl (C=O) groups is 1. The average Bonchev–Trinajstić information content (AvgIpc) is 2.82. The van der Waals surface area contributed by atoms with Crippen LogP contribution in [-0.4, -0.2) is 81.3 Å². The fourth-order valence-corrected chi connectivity index (χ4v) is 4.33. The lowest BCUT2D eigenvalue weighted by Crippen LogP contribution is -2.47. The zero-order valence-corrected chi connectivity index (χ0v) is 19.1. The molecule has 7 nitrogen and oxygen atoms in total. The van der Waals surface area contributed by atoms with Gasteiger partial charge in [-0.1, -0.05) is 24.3 Å². The molecular formula is C24H38N4O3. The molecule has 0 unspecified atom stereocenters. The lowest BCUT2D eigenvalue weighted by Gasteiger charge is -2.34. The Balaban J connectivity index is 1.31. The Kier molecular flexibility index (Phi) is 9.62. The number of carbonyl (C=O) groups excluding carboxylic acids is 1. The minimum atomic E-state index is 0.248. The molecule has 0 saturated carbocycles. The SMILES string of the molecule is CN=C(NCCCC(=O)N1CCc2ccccc2C1)N1CCC(OCCCOC)CC1. The molecule has 2 aliphatic rings. The molecule has 1 fully saturated rings. The first-order valence-electron chi connectivity index (χ1n) is 11.6. The standard InChI is InChI=1S/C24H38N4O3/c1-25-24(27-15-11-22(12-16-27)31-18-6-17-30-2)26-13-5-9-23(29)28-14-10-20-7-3-4-8-21(20)19-28/h3-4,7-8,22H,5-6,9-19H2,1-2H3,(H,25,26). The number of ether oxygens (including phenoxy) is 2. The van der Waals surface area contributed by atoms with Crippen LogP contribution in [0.3, 0.4) is 0 Å². The van der Waals surface area contributed by atoms with Crippen LogP contribution in [0.15, 0.2) is 29.3 Å². The maximum atomic E-state index is 12.6. The highest BCUT2D eigenvalue weighted by molar-refractivity contribution is 5.80. The summed E-state index contributed by atoms with van der Waals surface area (Å²) in [5, 5.41) is 3.44. The van der Waals surface area contributed by atoms with Crippen molar-refractivity contribution in [1.82, 2.24) is 15.1 Å². The van der Waals surface area contributed by atoms with Crippen molar-refractivity contribution in [3.05, 3.63) is 35.4 Å². The van der Waals surface area contributed by atoms with E-state index in [1.54, 1.807) is 7.11 Å². The van der Waals surface area contributed by atoms with E-state index in [1.807, 2.05) is 11.9 Å². The summed E-state index contributed by atoms with van der Waals surface area (Å²) in [6, 6.07) is 8.43. The number of benzene rings is 1. The van der Waals surface area contributed by atoms with Crippen molar-refractivity contribution in [2.24, 2.45) is 4.99 Å². The van der Waals surface area contributed by atoms with Crippen LogP contribution in [0.4, 0.5) is 0 Å². The number of nitrogens with one attached hydrogen (secondary N) is 1. The Bertz CT molecular complexity index is 717. The third-order valence-electron chi connectivity index (χ3n) is 6.13. The van der Waals surface area contributed by atoms with Gasteiger partial charge in [0.05, 0.1) is 6.10 Å². The van der Waals surface area contributed by atoms with Crippen LogP contribution in [0.25, 0.3) is 0 Å². The average molecular weight is 431 g/mol. The number of fused-ring (bicyclic) bond motifs is 1. The second-order valence-electron chi connectivity index (χ2n) is 8.32. The Labute approximate surface area is 186 Å². The van der Waals surface area contributed by atoms with E-state index in [1.165, 1.54) is 11.1 Å². The lowest BCUT2D eigenvalue weighted by atomic mass is 9.99. The molecule has 3 rings (SSSR count). The van der Waals surface area contributed by atoms with Gasteiger partial charge in [0.2, 0.25) is 5.91 Å². The summed E-state index contributed by atoms with van der Waals surface area (Å²) in [5.74, 6) is 1.18. The van der Waals surface area contributed by atoms with E-state index in [0.717, 1.165) is 84.0 Å². The topological polar surface area (TPSA) is 66.4 Å². The maximum absolute atomic E-state index is 12.6. The van der Waals surface area contributed by atoms with Crippen molar-refractivity contribution < 1.29 is 14.3 Å². The molecule has 0 atom stereocenters. The molecule has 1 aromatic rings. The van der Waals surface area contributed by atoms with Crippen LogP contribution in [0, 0.1) is 0 Å². The van der Waals surface area contributed by atoms with Gasteiger partial charge in [0.25, 0.3) is 0 Å². The second-order valence-corrected chi connectivity index (χ2v) is 8.32. The summed E-state index contributed by atoms with van der Waals surface area (Å²) in [6.07, 6.45) is 5.66. The van der Waals surface area contributed by atoms with E-state index in [2.05, 4.69) is 39.5 Å². The van der Waals surface area contributed by atoms with Gasteiger partial charge in [-0.15, -0.1) is 0 Å². The van der Waals surface area contributed by atoms with Gasteiger partial charge in [-0.3, -0.25) is 9.79 Å². The highest BCUT2D eigenvalue weighted by Gasteiger charge is 2.22. The molecule has 0 bridgehead atoms. The first-order valence-corrected chi connectivity index (χ1v) is 11.6. The Hall–Kier alpha value is -2.12. The number of methoxy groups -OCH3 is 1. The third-order valence-corrected chi connectivity index (χ3v) is 6.13. The van der Waals surface area contributed by atoms with Gasteiger partial charge in [0, 0.05) is 66.5 Å². The van der Waals surface area contributed by atoms with Gasteiger partial charge in [-0.25, -0.2) is 0 Å². The quantitative estimate of drug-likeness (QED) is 0.370. The first-order chi connectivity index (χ1) is 15.2. The normalized spacial score (nSPS) is 17.5. The predicted molar refractivity (Wildman–Crippen MR) is 123 cm³/mol. The second kappa shape index (κ2) is 12.7. The Morgan fingerprint density at radius 1 is 1.10 bits per heavy atom. The highest BCUT2D eigenvalue weighted by atomic mass is 16.5. The summed E-state index contributed by atoms with van der Waals surface area (Å²) >= 11 is 0. The molecule has 7 heteroatoms. The van der Waals surface area contributed by atoms with Crippen LogP contribution >= 0.6 is 0 Å². The molecule has 1 aromatic carbocycles. The smallest absolute Gasteiger partial charge is 0.222 e. The van der Waals surface area contributed by atoms with Crippen molar-refractivity contribution in [2.75, 3.05) is 53.6 Å². The van der Waals surface area contributed by atoms with Crippen LogP contribution < -0.4 is 5.32 Å². The van der Waals surface area contributed by atoms with E-state index in [4.69, 9.17) is 9.47 Å². The van der Waals surface area contributed by atoms with Gasteiger partial charge in [0.1, 0.15) is 0 Å². The zero-order chi connectivity index (χ0) is 21.9. The molecule has 172 valence electrons. The number of rotatable bonds is 9. The summed E-state index contributed by atoms with van der Waals surface area (Å²) < 4.78 is 11.0. The molecule has 0 spiro atoms. The molecule has 1 N–H and O–H groups in total. The number of hydrogen-bond acceptors (Lipinski definition) is 4. The number of hydrogen-bond donors (Lipinski definition) is 1. The van der Waals surface area contributed by atoms with Crippen molar-refractivity contribution in [3.63, 3.8) is 0 Å². The van der Waals surface area contributed by atoms with Crippen molar-refractivity contribution in [3.8, 4) is 0 Å². The number of nitrogens with zero attached hydrogens (tertiary/aromatic N) is 3. The molecule has 2 heterocycles. The van der Waals surface area contributed by atoms with Crippen molar-refractivity contribution in [2.45, 2.75) is 51.2 Å². The fraction of sp³-hybridized carbons (Fsp3) is 0.667. The number of guanidine groups is 1. The summed E-state index contributed by atoms with van der Waals surface area (Å²) in [5.41, 5.74) is 2.66. The number of aliphatic imine (C=N–C) groups is 1. The number of amides is 1. The van der Waals surface area contributed by atoms with Gasteiger partial charge in [-0.05, 0) is 43.2 Å². The van der Waals surface area contributed by atoms with Crippen LogP contribution in [0.1, 0.15) is 43.2 Å². The molecular weight excluding hydrogens is 392 g/mol. The monoisotopic (exact) mass is 430 g/mol. The first kappa shape index (κ1) is 23.5. The van der Waals surface area contributed by atoms with Gasteiger partial charge in [0.15, 0.2) is 5.96 Å². The molecule has 31 heavy (non-hydrogen) atoms. The largest absolute Gasteiger partial charge is 0.385 e. The van der Waals surface area contributed by atoms with Crippen molar-refractivity contribution >= 4 is 11.9 Å². The highest BCUT2D eigenvalue weighted by Crippen LogP contribution is 2.19. The molecule has 2 aliphatic heterocycles.